The minimum absolute atomic E-state index is 0.325. The molecule has 0 N–H and O–H groups in total. The first-order valence-electron chi connectivity index (χ1n) is 22.8. The van der Waals surface area contributed by atoms with Gasteiger partial charge in [0.05, 0.1) is 13.2 Å². The minimum atomic E-state index is -3.58. The van der Waals surface area contributed by atoms with Gasteiger partial charge < -0.3 is 54.7 Å². The highest BCUT2D eigenvalue weighted by atomic mass is 28.6. The highest BCUT2D eigenvalue weighted by Gasteiger charge is 2.58. The minimum Gasteiger partial charge on any atom is -0.462 e. The molecule has 0 saturated heterocycles. The molecule has 0 aliphatic carbocycles. The standard InChI is InChI=1S/C38H94O15Si12/c1-35(2)37(39)41-31-29-33-56(11,12)45-58(15,16)47-60(19,20)49-62(23,24)51-64(27,43-54(5,6)7)53-65(28,44-55(8,9)10)52-63(25,26)50-61(21,22)48-59(17,18)46-57(13,14)34-30-32-42-38(40)36(3)4/h1,3,29-34H2,2,4-28H3. The zero-order chi connectivity index (χ0) is 51.7. The lowest BCUT2D eigenvalue weighted by Crippen LogP contribution is -2.67. The van der Waals surface area contributed by atoms with E-state index in [2.05, 4.69) is 105 Å². The van der Waals surface area contributed by atoms with Crippen LogP contribution in [-0.4, -0.2) is 127 Å². The highest BCUT2D eigenvalue weighted by molar-refractivity contribution is 6.94. The van der Waals surface area contributed by atoms with Crippen LogP contribution in [0.5, 0.6) is 0 Å². The summed E-state index contributed by atoms with van der Waals surface area (Å²) in [6, 6.07) is 1.62. The number of hydrogen-bond donors (Lipinski definition) is 0. The van der Waals surface area contributed by atoms with Crippen molar-refractivity contribution in [2.24, 2.45) is 0 Å². The fourth-order valence-electron chi connectivity index (χ4n) is 7.96. The van der Waals surface area contributed by atoms with Crippen molar-refractivity contribution in [1.29, 1.82) is 0 Å². The third kappa shape index (κ3) is 30.8. The van der Waals surface area contributed by atoms with Crippen LogP contribution in [0.25, 0.3) is 0 Å². The van der Waals surface area contributed by atoms with E-state index in [0.29, 0.717) is 37.2 Å². The number of rotatable bonds is 32. The summed E-state index contributed by atoms with van der Waals surface area (Å²) in [5.74, 6) is -0.748. The first-order valence-corrected chi connectivity index (χ1v) is 57.2. The molecule has 2 unspecified atom stereocenters. The molecule has 0 spiro atoms. The second kappa shape index (κ2) is 24.3. The molecule has 0 aromatic rings. The normalized spacial score (nSPS) is 16.2. The SMILES string of the molecule is C=C(C)C(=O)OCCC[Si](C)(C)O[Si](C)(C)O[Si](C)(C)O[Si](C)(C)O[Si](C)(O[Si](C)(C)C)O[Si](C)(O[Si](C)(C)C)O[Si](C)(C)O[Si](C)(C)O[Si](C)(C)O[Si](C)(C)CCCOC(=O)C(=C)C. The molecule has 0 aliphatic heterocycles. The summed E-state index contributed by atoms with van der Waals surface area (Å²) in [6.45, 7) is 60.9. The van der Waals surface area contributed by atoms with Crippen molar-refractivity contribution in [3.63, 3.8) is 0 Å². The van der Waals surface area contributed by atoms with E-state index in [-0.39, 0.29) is 11.9 Å². The van der Waals surface area contributed by atoms with E-state index in [1.54, 1.807) is 13.8 Å². The molecule has 0 fully saturated rings. The topological polar surface area (TPSA) is 154 Å². The second-order valence-corrected chi connectivity index (χ2v) is 68.7. The van der Waals surface area contributed by atoms with Crippen LogP contribution >= 0.6 is 0 Å². The average molecular weight is 1130 g/mol. The summed E-state index contributed by atoms with van der Waals surface area (Å²) in [4.78, 5) is 23.7. The summed E-state index contributed by atoms with van der Waals surface area (Å²) >= 11 is 0. The second-order valence-electron chi connectivity index (χ2n) is 23.0. The lowest BCUT2D eigenvalue weighted by atomic mass is 10.4. The third-order valence-electron chi connectivity index (χ3n) is 8.24. The molecule has 0 radical (unpaired) electrons. The number of carbonyl (C=O) groups excluding carboxylic acids is 2. The first kappa shape index (κ1) is 65.6. The molecule has 27 heteroatoms. The van der Waals surface area contributed by atoms with Gasteiger partial charge in [-0.25, -0.2) is 9.59 Å². The molecule has 0 amide bonds. The summed E-state index contributed by atoms with van der Waals surface area (Å²) in [7, 11) is -33.3. The Morgan fingerprint density at radius 1 is 0.338 bits per heavy atom. The maximum absolute atomic E-state index is 11.9. The number of hydrogen-bond acceptors (Lipinski definition) is 15. The molecule has 0 saturated carbocycles. The van der Waals surface area contributed by atoms with Crippen molar-refractivity contribution in [1.82, 2.24) is 0 Å². The molecule has 0 aliphatic rings. The van der Waals surface area contributed by atoms with E-state index in [9.17, 15) is 9.59 Å². The van der Waals surface area contributed by atoms with Gasteiger partial charge >= 0.3 is 80.9 Å². The Morgan fingerprint density at radius 2 is 0.569 bits per heavy atom. The fraction of sp³-hybridized carbons (Fsp3) is 0.842. The zero-order valence-corrected chi connectivity index (χ0v) is 57.8. The maximum Gasteiger partial charge on any atom is 0.470 e. The van der Waals surface area contributed by atoms with Gasteiger partial charge in [0.2, 0.25) is 0 Å². The van der Waals surface area contributed by atoms with Crippen molar-refractivity contribution in [3.05, 3.63) is 24.3 Å². The molecule has 0 heterocycles. The van der Waals surface area contributed by atoms with Gasteiger partial charge in [-0.1, -0.05) is 13.2 Å². The van der Waals surface area contributed by atoms with Crippen LogP contribution in [-0.2, 0) is 64.3 Å². The van der Waals surface area contributed by atoms with Crippen LogP contribution in [0.2, 0.25) is 169 Å². The average Bonchev–Trinajstić information content (AvgIpc) is 2.93. The fourth-order valence-corrected chi connectivity index (χ4v) is 65.6. The number of esters is 2. The molecule has 15 nitrogen and oxygen atoms in total. The quantitative estimate of drug-likeness (QED) is 0.0271. The third-order valence-corrected chi connectivity index (χ3v) is 53.2. The van der Waals surface area contributed by atoms with Crippen LogP contribution in [0.3, 0.4) is 0 Å². The Hall–Kier alpha value is 0.583. The van der Waals surface area contributed by atoms with Crippen LogP contribution in [0.4, 0.5) is 0 Å². The summed E-state index contributed by atoms with van der Waals surface area (Å²) < 4.78 is 87.1. The van der Waals surface area contributed by atoms with Crippen LogP contribution < -0.4 is 0 Å². The maximum atomic E-state index is 11.9. The molecule has 65 heavy (non-hydrogen) atoms. The number of carbonyl (C=O) groups is 2. The summed E-state index contributed by atoms with van der Waals surface area (Å²) in [5, 5.41) is 0. The highest BCUT2D eigenvalue weighted by Crippen LogP contribution is 2.34. The molecule has 2 atom stereocenters. The van der Waals surface area contributed by atoms with Gasteiger partial charge in [-0.2, -0.15) is 0 Å². The van der Waals surface area contributed by atoms with Gasteiger partial charge in [-0.3, -0.25) is 0 Å². The van der Waals surface area contributed by atoms with E-state index in [1.165, 1.54) is 0 Å². The van der Waals surface area contributed by atoms with E-state index >= 15 is 0 Å². The Balaban J connectivity index is 6.33. The van der Waals surface area contributed by atoms with Crippen LogP contribution in [0, 0.1) is 0 Å². The lowest BCUT2D eigenvalue weighted by molar-refractivity contribution is -0.139. The molecule has 0 aromatic carbocycles. The molecular formula is C38H94O15Si12. The van der Waals surface area contributed by atoms with Crippen LogP contribution in [0.1, 0.15) is 26.7 Å². The van der Waals surface area contributed by atoms with Crippen molar-refractivity contribution >= 4 is 114 Å². The smallest absolute Gasteiger partial charge is 0.462 e. The molecule has 0 rings (SSSR count). The Labute approximate surface area is 409 Å². The van der Waals surface area contributed by atoms with E-state index < -0.39 is 102 Å². The van der Waals surface area contributed by atoms with E-state index in [4.69, 9.17) is 54.7 Å². The predicted molar refractivity (Wildman–Crippen MR) is 292 cm³/mol. The predicted octanol–water partition coefficient (Wildman–Crippen LogP) is 11.6. The van der Waals surface area contributed by atoms with Gasteiger partial charge in [0.25, 0.3) is 0 Å². The molecule has 0 bridgehead atoms. The van der Waals surface area contributed by atoms with Crippen molar-refractivity contribution in [2.75, 3.05) is 13.2 Å². The van der Waals surface area contributed by atoms with Gasteiger partial charge in [-0.05, 0) is 183 Å². The van der Waals surface area contributed by atoms with E-state index in [1.807, 2.05) is 65.5 Å². The zero-order valence-electron chi connectivity index (χ0n) is 45.8. The summed E-state index contributed by atoms with van der Waals surface area (Å²) in [6.07, 6.45) is 1.41. The molecule has 0 aromatic heterocycles. The lowest BCUT2D eigenvalue weighted by Gasteiger charge is -2.47. The Morgan fingerprint density at radius 3 is 0.800 bits per heavy atom. The molecule has 384 valence electrons. The Bertz CT molecular complexity index is 1480. The van der Waals surface area contributed by atoms with Gasteiger partial charge in [0, 0.05) is 24.2 Å². The van der Waals surface area contributed by atoms with Crippen molar-refractivity contribution in [2.45, 2.75) is 196 Å². The van der Waals surface area contributed by atoms with Crippen molar-refractivity contribution in [3.8, 4) is 0 Å². The van der Waals surface area contributed by atoms with Gasteiger partial charge in [0.15, 0.2) is 33.3 Å². The van der Waals surface area contributed by atoms with Crippen molar-refractivity contribution < 1.29 is 64.3 Å². The summed E-state index contributed by atoms with van der Waals surface area (Å²) in [5.41, 5.74) is 0.780. The number of ether oxygens (including phenoxy) is 2. The van der Waals surface area contributed by atoms with E-state index in [0.717, 1.165) is 12.1 Å². The monoisotopic (exact) mass is 1130 g/mol. The Kier molecular flexibility index (Phi) is 24.6. The van der Waals surface area contributed by atoms with Gasteiger partial charge in [0.1, 0.15) is 0 Å². The first-order chi connectivity index (χ1) is 28.4. The van der Waals surface area contributed by atoms with Gasteiger partial charge in [-0.15, -0.1) is 0 Å². The molecular weight excluding hydrogens is 1030 g/mol. The largest absolute Gasteiger partial charge is 0.470 e. The van der Waals surface area contributed by atoms with Crippen LogP contribution in [0.15, 0.2) is 24.3 Å².